The van der Waals surface area contributed by atoms with E-state index >= 15 is 0 Å². The Balaban J connectivity index is 1.97. The number of rotatable bonds is 5. The minimum absolute atomic E-state index is 0.00157. The molecule has 1 unspecified atom stereocenters. The number of hydrogen-bond acceptors (Lipinski definition) is 5. The third-order valence-corrected chi connectivity index (χ3v) is 3.70. The number of piperidine rings is 1. The highest BCUT2D eigenvalue weighted by Gasteiger charge is 2.27. The van der Waals surface area contributed by atoms with E-state index < -0.39 is 0 Å². The molecular weight excluding hydrogens is 254 g/mol. The van der Waals surface area contributed by atoms with Crippen LogP contribution < -0.4 is 5.73 Å². The van der Waals surface area contributed by atoms with Gasteiger partial charge in [0.05, 0.1) is 18.2 Å². The Labute approximate surface area is 120 Å². The van der Waals surface area contributed by atoms with Crippen molar-refractivity contribution in [2.75, 3.05) is 19.7 Å². The van der Waals surface area contributed by atoms with Crippen LogP contribution in [0.3, 0.4) is 0 Å². The number of pyridine rings is 1. The molecule has 0 bridgehead atoms. The summed E-state index contributed by atoms with van der Waals surface area (Å²) in [4.78, 5) is 18.4. The van der Waals surface area contributed by atoms with Gasteiger partial charge in [-0.2, -0.15) is 0 Å². The maximum absolute atomic E-state index is 11.8. The highest BCUT2D eigenvalue weighted by molar-refractivity contribution is 5.72. The van der Waals surface area contributed by atoms with Gasteiger partial charge >= 0.3 is 5.97 Å². The number of carbonyl (C=O) groups excluding carboxylic acids is 1. The Bertz CT molecular complexity index is 450. The molecule has 2 heterocycles. The van der Waals surface area contributed by atoms with Crippen LogP contribution in [0.4, 0.5) is 0 Å². The molecule has 1 aromatic heterocycles. The van der Waals surface area contributed by atoms with E-state index in [1.54, 1.807) is 6.20 Å². The summed E-state index contributed by atoms with van der Waals surface area (Å²) in [7, 11) is 0. The SMILES string of the molecule is CCOC(=O)C1CCCN(Cc2cccnc2CN)C1. The molecule has 0 saturated carbocycles. The fraction of sp³-hybridized carbons (Fsp3) is 0.600. The molecule has 5 nitrogen and oxygen atoms in total. The lowest BCUT2D eigenvalue weighted by atomic mass is 9.97. The van der Waals surface area contributed by atoms with E-state index in [1.165, 1.54) is 0 Å². The van der Waals surface area contributed by atoms with Crippen LogP contribution in [0.5, 0.6) is 0 Å². The van der Waals surface area contributed by atoms with E-state index in [0.29, 0.717) is 13.2 Å². The first-order chi connectivity index (χ1) is 9.74. The van der Waals surface area contributed by atoms with Gasteiger partial charge in [-0.05, 0) is 37.9 Å². The highest BCUT2D eigenvalue weighted by Crippen LogP contribution is 2.20. The number of carbonyl (C=O) groups is 1. The quantitative estimate of drug-likeness (QED) is 0.822. The molecule has 110 valence electrons. The van der Waals surface area contributed by atoms with Crippen molar-refractivity contribution in [2.24, 2.45) is 11.7 Å². The van der Waals surface area contributed by atoms with E-state index in [1.807, 2.05) is 13.0 Å². The summed E-state index contributed by atoms with van der Waals surface area (Å²) in [5.74, 6) is -0.0656. The van der Waals surface area contributed by atoms with Gasteiger partial charge < -0.3 is 10.5 Å². The molecule has 0 aliphatic carbocycles. The van der Waals surface area contributed by atoms with Crippen LogP contribution in [0.1, 0.15) is 31.0 Å². The summed E-state index contributed by atoms with van der Waals surface area (Å²) < 4.78 is 5.13. The van der Waals surface area contributed by atoms with Crippen LogP contribution in [0.15, 0.2) is 18.3 Å². The Morgan fingerprint density at radius 3 is 3.20 bits per heavy atom. The van der Waals surface area contributed by atoms with Crippen molar-refractivity contribution >= 4 is 5.97 Å². The van der Waals surface area contributed by atoms with Crippen molar-refractivity contribution < 1.29 is 9.53 Å². The second-order valence-electron chi connectivity index (χ2n) is 5.14. The fourth-order valence-electron chi connectivity index (χ4n) is 2.69. The third kappa shape index (κ3) is 3.77. The van der Waals surface area contributed by atoms with Gasteiger partial charge in [0.25, 0.3) is 0 Å². The zero-order chi connectivity index (χ0) is 14.4. The van der Waals surface area contributed by atoms with E-state index in [0.717, 1.165) is 43.7 Å². The molecule has 1 aliphatic heterocycles. The summed E-state index contributed by atoms with van der Waals surface area (Å²) in [6.07, 6.45) is 3.72. The predicted octanol–water partition coefficient (Wildman–Crippen LogP) is 1.32. The maximum atomic E-state index is 11.8. The molecule has 1 atom stereocenters. The molecule has 1 fully saturated rings. The minimum Gasteiger partial charge on any atom is -0.466 e. The van der Waals surface area contributed by atoms with Gasteiger partial charge in [0.15, 0.2) is 0 Å². The molecule has 1 aliphatic rings. The first-order valence-electron chi connectivity index (χ1n) is 7.26. The smallest absolute Gasteiger partial charge is 0.310 e. The van der Waals surface area contributed by atoms with Gasteiger partial charge in [-0.15, -0.1) is 0 Å². The lowest BCUT2D eigenvalue weighted by molar-refractivity contribution is -0.150. The number of ether oxygens (including phenoxy) is 1. The molecule has 2 N–H and O–H groups in total. The molecule has 0 aromatic carbocycles. The second kappa shape index (κ2) is 7.36. The number of aromatic nitrogens is 1. The molecule has 0 radical (unpaired) electrons. The zero-order valence-corrected chi connectivity index (χ0v) is 12.0. The molecule has 1 saturated heterocycles. The van der Waals surface area contributed by atoms with Crippen molar-refractivity contribution in [1.82, 2.24) is 9.88 Å². The molecule has 1 aromatic rings. The summed E-state index contributed by atoms with van der Waals surface area (Å²) in [6, 6.07) is 3.99. The van der Waals surface area contributed by atoms with Crippen LogP contribution in [0, 0.1) is 5.92 Å². The minimum atomic E-state index is -0.0672. The lowest BCUT2D eigenvalue weighted by Gasteiger charge is -2.31. The van der Waals surface area contributed by atoms with Gasteiger partial charge in [-0.25, -0.2) is 0 Å². The average Bonchev–Trinajstić information content (AvgIpc) is 2.48. The van der Waals surface area contributed by atoms with Gasteiger partial charge in [0, 0.05) is 25.8 Å². The van der Waals surface area contributed by atoms with Crippen molar-refractivity contribution in [3.63, 3.8) is 0 Å². The van der Waals surface area contributed by atoms with E-state index in [9.17, 15) is 4.79 Å². The largest absolute Gasteiger partial charge is 0.466 e. The fourth-order valence-corrected chi connectivity index (χ4v) is 2.69. The van der Waals surface area contributed by atoms with Crippen LogP contribution in [-0.2, 0) is 22.6 Å². The van der Waals surface area contributed by atoms with Gasteiger partial charge in [0.1, 0.15) is 0 Å². The van der Waals surface area contributed by atoms with Crippen molar-refractivity contribution in [3.05, 3.63) is 29.6 Å². The predicted molar refractivity (Wildman–Crippen MR) is 76.8 cm³/mol. The monoisotopic (exact) mass is 277 g/mol. The summed E-state index contributed by atoms with van der Waals surface area (Å²) in [5, 5.41) is 0. The van der Waals surface area contributed by atoms with Crippen LogP contribution in [0.2, 0.25) is 0 Å². The number of likely N-dealkylation sites (tertiary alicyclic amines) is 1. The average molecular weight is 277 g/mol. The zero-order valence-electron chi connectivity index (χ0n) is 12.0. The van der Waals surface area contributed by atoms with E-state index in [-0.39, 0.29) is 11.9 Å². The standard InChI is InChI=1S/C15H23N3O2/c1-2-20-15(19)13-6-4-8-18(11-13)10-12-5-3-7-17-14(12)9-16/h3,5,7,13H,2,4,6,8-11,16H2,1H3. The number of nitrogens with zero attached hydrogens (tertiary/aromatic N) is 2. The van der Waals surface area contributed by atoms with Crippen LogP contribution in [-0.4, -0.2) is 35.5 Å². The van der Waals surface area contributed by atoms with Crippen molar-refractivity contribution in [2.45, 2.75) is 32.9 Å². The Morgan fingerprint density at radius 2 is 2.45 bits per heavy atom. The lowest BCUT2D eigenvalue weighted by Crippen LogP contribution is -2.39. The number of esters is 1. The van der Waals surface area contributed by atoms with Crippen LogP contribution in [0.25, 0.3) is 0 Å². The van der Waals surface area contributed by atoms with Gasteiger partial charge in [-0.1, -0.05) is 6.07 Å². The molecular formula is C15H23N3O2. The molecule has 2 rings (SSSR count). The molecule has 0 spiro atoms. The summed E-state index contributed by atoms with van der Waals surface area (Å²) in [5.41, 5.74) is 7.80. The normalized spacial score (nSPS) is 19.8. The maximum Gasteiger partial charge on any atom is 0.310 e. The van der Waals surface area contributed by atoms with E-state index in [4.69, 9.17) is 10.5 Å². The molecule has 0 amide bonds. The van der Waals surface area contributed by atoms with Gasteiger partial charge in [-0.3, -0.25) is 14.7 Å². The highest BCUT2D eigenvalue weighted by atomic mass is 16.5. The summed E-state index contributed by atoms with van der Waals surface area (Å²) >= 11 is 0. The van der Waals surface area contributed by atoms with Crippen molar-refractivity contribution in [3.8, 4) is 0 Å². The molecule has 20 heavy (non-hydrogen) atoms. The van der Waals surface area contributed by atoms with E-state index in [2.05, 4.69) is 16.0 Å². The Hall–Kier alpha value is -1.46. The third-order valence-electron chi connectivity index (χ3n) is 3.70. The second-order valence-corrected chi connectivity index (χ2v) is 5.14. The van der Waals surface area contributed by atoms with Crippen molar-refractivity contribution in [1.29, 1.82) is 0 Å². The topological polar surface area (TPSA) is 68.5 Å². The van der Waals surface area contributed by atoms with Crippen LogP contribution >= 0.6 is 0 Å². The first-order valence-corrected chi connectivity index (χ1v) is 7.26. The molecule has 5 heteroatoms. The Kier molecular flexibility index (Phi) is 5.49. The summed E-state index contributed by atoms with van der Waals surface area (Å²) in [6.45, 7) is 5.32. The Morgan fingerprint density at radius 1 is 1.60 bits per heavy atom. The number of hydrogen-bond donors (Lipinski definition) is 1. The first kappa shape index (κ1) is 14.9. The van der Waals surface area contributed by atoms with Gasteiger partial charge in [0.2, 0.25) is 0 Å². The number of nitrogens with two attached hydrogens (primary N) is 1.